The molecule has 1 aromatic carbocycles. The standard InChI is InChI=1S/C33H40N5O10P/c1-4-27(39)45-30-29(26-15-14-25-24(35)16-17-36-38(25)26)47-33(19-34,31(30)46-28(40)5-2)20-44-49(42,48-23-12-7-6-8-13-23)37-21(3)32(41)43-18-22-10-9-11-22/h6-8,12-17,21-22,29-31H,4-5,9-11,18,20,35H2,1-3H3,(H,37,42)/t21-,29-,30-,31-,33+,49?/m0/s1. The Kier molecular flexibility index (Phi) is 11.2. The van der Waals surface area contributed by atoms with Crippen LogP contribution in [0.3, 0.4) is 0 Å². The van der Waals surface area contributed by atoms with Crippen molar-refractivity contribution in [2.24, 2.45) is 5.92 Å². The minimum Gasteiger partial charge on any atom is -0.464 e. The number of esters is 3. The van der Waals surface area contributed by atoms with Gasteiger partial charge in [-0.15, -0.1) is 0 Å². The van der Waals surface area contributed by atoms with E-state index in [-0.39, 0.29) is 31.1 Å². The monoisotopic (exact) mass is 697 g/mol. The highest BCUT2D eigenvalue weighted by Crippen LogP contribution is 2.50. The van der Waals surface area contributed by atoms with Gasteiger partial charge in [0.25, 0.3) is 0 Å². The van der Waals surface area contributed by atoms with E-state index in [0.717, 1.165) is 19.3 Å². The van der Waals surface area contributed by atoms with Crippen molar-refractivity contribution < 1.29 is 46.9 Å². The lowest BCUT2D eigenvalue weighted by atomic mass is 9.86. The van der Waals surface area contributed by atoms with Gasteiger partial charge in [-0.3, -0.25) is 18.9 Å². The number of aromatic nitrogens is 2. The lowest BCUT2D eigenvalue weighted by Gasteiger charge is -2.30. The summed E-state index contributed by atoms with van der Waals surface area (Å²) in [6, 6.07) is 13.8. The first-order valence-electron chi connectivity index (χ1n) is 16.1. The normalized spacial score (nSPS) is 23.8. The number of fused-ring (bicyclic) bond motifs is 1. The zero-order chi connectivity index (χ0) is 35.2. The minimum absolute atomic E-state index is 0.0351. The molecule has 3 N–H and O–H groups in total. The second-order valence-corrected chi connectivity index (χ2v) is 13.6. The number of hydrogen-bond donors (Lipinski definition) is 2. The zero-order valence-electron chi connectivity index (χ0n) is 27.5. The molecule has 0 spiro atoms. The Hall–Kier alpha value is -4.48. The fourth-order valence-electron chi connectivity index (χ4n) is 5.44. The number of carbonyl (C=O) groups excluding carboxylic acids is 3. The molecule has 1 aliphatic carbocycles. The van der Waals surface area contributed by atoms with E-state index >= 15 is 0 Å². The van der Waals surface area contributed by atoms with Gasteiger partial charge in [0.15, 0.2) is 12.2 Å². The van der Waals surface area contributed by atoms with Crippen molar-refractivity contribution in [3.63, 3.8) is 0 Å². The van der Waals surface area contributed by atoms with Crippen LogP contribution in [0.15, 0.2) is 54.7 Å². The molecule has 262 valence electrons. The van der Waals surface area contributed by atoms with Crippen LogP contribution in [0.25, 0.3) is 5.52 Å². The SMILES string of the molecule is CCC(=O)O[C@H]1[C@H](c2ccc3c(N)ccnn23)O[C@](C#N)(COP(=O)(N[C@@H](C)C(=O)OCC2CCC2)Oc2ccccc2)[C@H]1OC(=O)CC. The summed E-state index contributed by atoms with van der Waals surface area (Å²) >= 11 is 0. The molecule has 2 fully saturated rings. The van der Waals surface area contributed by atoms with Crippen molar-refractivity contribution in [2.75, 3.05) is 18.9 Å². The average Bonchev–Trinajstić information content (AvgIpc) is 3.63. The number of ether oxygens (including phenoxy) is 4. The molecule has 16 heteroatoms. The Bertz CT molecular complexity index is 1740. The van der Waals surface area contributed by atoms with E-state index in [4.69, 9.17) is 33.7 Å². The largest absolute Gasteiger partial charge is 0.464 e. The number of anilines is 1. The summed E-state index contributed by atoms with van der Waals surface area (Å²) in [4.78, 5) is 38.4. The Morgan fingerprint density at radius 3 is 2.49 bits per heavy atom. The number of para-hydroxylation sites is 1. The quantitative estimate of drug-likeness (QED) is 0.128. The Labute approximate surface area is 283 Å². The third kappa shape index (κ3) is 8.05. The number of nitrogens with one attached hydrogen (secondary N) is 1. The van der Waals surface area contributed by atoms with Crippen molar-refractivity contribution in [3.05, 3.63) is 60.4 Å². The van der Waals surface area contributed by atoms with Gasteiger partial charge in [0.2, 0.25) is 5.60 Å². The molecule has 0 amide bonds. The highest BCUT2D eigenvalue weighted by Gasteiger charge is 2.62. The van der Waals surface area contributed by atoms with Crippen LogP contribution in [-0.4, -0.2) is 64.6 Å². The molecular formula is C33H40N5O10P. The van der Waals surface area contributed by atoms with Crippen LogP contribution in [0.4, 0.5) is 5.69 Å². The maximum absolute atomic E-state index is 14.4. The lowest BCUT2D eigenvalue weighted by Crippen LogP contribution is -2.49. The van der Waals surface area contributed by atoms with Gasteiger partial charge in [0, 0.05) is 19.0 Å². The summed E-state index contributed by atoms with van der Waals surface area (Å²) in [5.41, 5.74) is 5.18. The molecule has 1 saturated carbocycles. The third-order valence-corrected chi connectivity index (χ3v) is 10.0. The van der Waals surface area contributed by atoms with Gasteiger partial charge in [-0.25, -0.2) is 9.08 Å². The Balaban J connectivity index is 1.49. The maximum atomic E-state index is 14.4. The molecule has 1 unspecified atom stereocenters. The number of carbonyl (C=O) groups is 3. The van der Waals surface area contributed by atoms with Gasteiger partial charge < -0.3 is 29.2 Å². The van der Waals surface area contributed by atoms with Crippen LogP contribution in [-0.2, 0) is 42.4 Å². The van der Waals surface area contributed by atoms with Crippen molar-refractivity contribution >= 4 is 36.9 Å². The first-order chi connectivity index (χ1) is 23.5. The number of nitrogens with zero attached hydrogens (tertiary/aromatic N) is 3. The van der Waals surface area contributed by atoms with Crippen LogP contribution >= 0.6 is 7.75 Å². The molecule has 0 bridgehead atoms. The van der Waals surface area contributed by atoms with Crippen LogP contribution < -0.4 is 15.3 Å². The van der Waals surface area contributed by atoms with Crippen molar-refractivity contribution in [2.45, 2.75) is 82.8 Å². The van der Waals surface area contributed by atoms with Gasteiger partial charge in [-0.05, 0) is 56.0 Å². The van der Waals surface area contributed by atoms with E-state index in [9.17, 15) is 24.2 Å². The van der Waals surface area contributed by atoms with Crippen LogP contribution in [0.5, 0.6) is 5.75 Å². The fourth-order valence-corrected chi connectivity index (χ4v) is 6.96. The molecule has 0 radical (unpaired) electrons. The lowest BCUT2D eigenvalue weighted by molar-refractivity contribution is -0.169. The summed E-state index contributed by atoms with van der Waals surface area (Å²) in [6.07, 6.45) is 0.193. The first-order valence-corrected chi connectivity index (χ1v) is 17.7. The molecule has 1 aliphatic heterocycles. The smallest absolute Gasteiger partial charge is 0.459 e. The number of hydrogen-bond acceptors (Lipinski definition) is 13. The molecular weight excluding hydrogens is 657 g/mol. The summed E-state index contributed by atoms with van der Waals surface area (Å²) in [6.45, 7) is 3.99. The summed E-state index contributed by atoms with van der Waals surface area (Å²) in [5, 5.41) is 17.7. The number of nitrogen functional groups attached to an aromatic ring is 1. The minimum atomic E-state index is -4.51. The maximum Gasteiger partial charge on any atom is 0.459 e. The second kappa shape index (κ2) is 15.4. The number of nitrogens with two attached hydrogens (primary N) is 1. The van der Waals surface area contributed by atoms with Crippen LogP contribution in [0.2, 0.25) is 0 Å². The summed E-state index contributed by atoms with van der Waals surface area (Å²) < 4.78 is 50.8. The van der Waals surface area contributed by atoms with Crippen molar-refractivity contribution in [3.8, 4) is 11.8 Å². The first kappa shape index (κ1) is 35.8. The molecule has 5 rings (SSSR count). The Morgan fingerprint density at radius 1 is 1.12 bits per heavy atom. The number of rotatable bonds is 15. The van der Waals surface area contributed by atoms with Crippen LogP contribution in [0.1, 0.15) is 64.7 Å². The van der Waals surface area contributed by atoms with Gasteiger partial charge in [-0.1, -0.05) is 38.5 Å². The van der Waals surface area contributed by atoms with Crippen molar-refractivity contribution in [1.29, 1.82) is 5.26 Å². The summed E-state index contributed by atoms with van der Waals surface area (Å²) in [5.74, 6) is -1.64. The topological polar surface area (TPSA) is 203 Å². The zero-order valence-corrected chi connectivity index (χ0v) is 28.4. The number of nitriles is 1. The van der Waals surface area contributed by atoms with E-state index in [1.165, 1.54) is 29.8 Å². The third-order valence-electron chi connectivity index (χ3n) is 8.40. The average molecular weight is 698 g/mol. The van der Waals surface area contributed by atoms with E-state index < -0.39 is 62.2 Å². The van der Waals surface area contributed by atoms with E-state index in [0.29, 0.717) is 16.9 Å². The van der Waals surface area contributed by atoms with Gasteiger partial charge in [0.1, 0.15) is 30.6 Å². The predicted octanol–water partition coefficient (Wildman–Crippen LogP) is 4.42. The molecule has 49 heavy (non-hydrogen) atoms. The fraction of sp³-hybridized carbons (Fsp3) is 0.485. The molecule has 6 atom stereocenters. The molecule has 3 heterocycles. The van der Waals surface area contributed by atoms with Crippen LogP contribution in [0, 0.1) is 17.2 Å². The second-order valence-electron chi connectivity index (χ2n) is 11.9. The highest BCUT2D eigenvalue weighted by atomic mass is 31.2. The van der Waals surface area contributed by atoms with Crippen molar-refractivity contribution in [1.82, 2.24) is 14.7 Å². The molecule has 2 aliphatic rings. The van der Waals surface area contributed by atoms with E-state index in [1.54, 1.807) is 50.2 Å². The van der Waals surface area contributed by atoms with Gasteiger partial charge in [0.05, 0.1) is 23.5 Å². The van der Waals surface area contributed by atoms with Gasteiger partial charge >= 0.3 is 25.7 Å². The Morgan fingerprint density at radius 2 is 1.84 bits per heavy atom. The molecule has 1 saturated heterocycles. The van der Waals surface area contributed by atoms with Gasteiger partial charge in [-0.2, -0.15) is 15.4 Å². The molecule has 3 aromatic rings. The summed E-state index contributed by atoms with van der Waals surface area (Å²) in [7, 11) is -4.51. The molecule has 2 aromatic heterocycles. The number of benzene rings is 1. The molecule has 15 nitrogen and oxygen atoms in total. The highest BCUT2D eigenvalue weighted by molar-refractivity contribution is 7.52. The van der Waals surface area contributed by atoms with E-state index in [1.807, 2.05) is 6.07 Å². The van der Waals surface area contributed by atoms with E-state index in [2.05, 4.69) is 10.2 Å². The predicted molar refractivity (Wildman–Crippen MR) is 174 cm³/mol.